The van der Waals surface area contributed by atoms with Gasteiger partial charge in [-0.3, -0.25) is 0 Å². The zero-order valence-corrected chi connectivity index (χ0v) is 15.8. The van der Waals surface area contributed by atoms with Crippen molar-refractivity contribution in [1.29, 1.82) is 5.26 Å². The Kier molecular flexibility index (Phi) is 4.26. The third-order valence-corrected chi connectivity index (χ3v) is 8.27. The molecule has 0 aliphatic rings. The molecule has 1 radical (unpaired) electrons. The van der Waals surface area contributed by atoms with Crippen molar-refractivity contribution in [3.8, 4) is 6.07 Å². The van der Waals surface area contributed by atoms with E-state index in [1.807, 2.05) is 18.3 Å². The van der Waals surface area contributed by atoms with Gasteiger partial charge in [-0.05, 0) is 0 Å². The van der Waals surface area contributed by atoms with Crippen LogP contribution in [0, 0.1) is 21.8 Å². The molecule has 3 aromatic rings. The first kappa shape index (κ1) is 14.9. The molecule has 3 rings (SSSR count). The number of aryl methyl sites for hydroxylation is 1. The van der Waals surface area contributed by atoms with Crippen molar-refractivity contribution in [2.24, 2.45) is 0 Å². The average Bonchev–Trinajstić information content (AvgIpc) is 2.96. The second-order valence-electron chi connectivity index (χ2n) is 4.51. The van der Waals surface area contributed by atoms with Gasteiger partial charge in [-0.25, -0.2) is 0 Å². The van der Waals surface area contributed by atoms with Crippen molar-refractivity contribution in [2.45, 2.75) is 6.92 Å². The fourth-order valence-corrected chi connectivity index (χ4v) is 6.03. The number of nitriles is 1. The van der Waals surface area contributed by atoms with E-state index in [-0.39, 0.29) is 15.8 Å². The molecule has 6 heteroatoms. The Bertz CT molecular complexity index is 882. The predicted molar refractivity (Wildman–Crippen MR) is 94.7 cm³/mol. The first-order chi connectivity index (χ1) is 10.1. The number of rotatable bonds is 2. The van der Waals surface area contributed by atoms with Gasteiger partial charge in [0.1, 0.15) is 0 Å². The average molecular weight is 469 g/mol. The summed E-state index contributed by atoms with van der Waals surface area (Å²) in [7, 11) is 0. The molecule has 1 N–H and O–H groups in total. The van der Waals surface area contributed by atoms with Crippen LogP contribution in [-0.2, 0) is 0 Å². The molecule has 0 atom stereocenters. The summed E-state index contributed by atoms with van der Waals surface area (Å²) in [5.41, 5.74) is 2.86. The Hall–Kier alpha value is -1.02. The van der Waals surface area contributed by atoms with Crippen LogP contribution in [-0.4, -0.2) is 25.7 Å². The quantitative estimate of drug-likeness (QED) is 0.465. The zero-order chi connectivity index (χ0) is 15.0. The van der Waals surface area contributed by atoms with Gasteiger partial charge < -0.3 is 0 Å². The minimum absolute atomic E-state index is 0.312. The fourth-order valence-electron chi connectivity index (χ4n) is 2.18. The molecule has 0 saturated heterocycles. The summed E-state index contributed by atoms with van der Waals surface area (Å²) in [5.74, 6) is 0. The first-order valence-electron chi connectivity index (χ1n) is 6.13. The van der Waals surface area contributed by atoms with E-state index >= 15 is 0 Å². The summed E-state index contributed by atoms with van der Waals surface area (Å²) in [6.07, 6.45) is 5.34. The van der Waals surface area contributed by atoms with Gasteiger partial charge in [0, 0.05) is 0 Å². The molecule has 0 saturated carbocycles. The van der Waals surface area contributed by atoms with Gasteiger partial charge in [-0.1, -0.05) is 0 Å². The van der Waals surface area contributed by atoms with Crippen LogP contribution in [0.4, 0.5) is 0 Å². The van der Waals surface area contributed by atoms with Crippen LogP contribution in [0.2, 0.25) is 5.02 Å². The van der Waals surface area contributed by atoms with Crippen molar-refractivity contribution >= 4 is 69.5 Å². The van der Waals surface area contributed by atoms with E-state index in [1.54, 1.807) is 12.4 Å². The summed E-state index contributed by atoms with van der Waals surface area (Å²) >= 11 is 8.29. The van der Waals surface area contributed by atoms with Gasteiger partial charge in [0.05, 0.1) is 0 Å². The van der Waals surface area contributed by atoms with Crippen molar-refractivity contribution in [2.75, 3.05) is 0 Å². The van der Waals surface area contributed by atoms with Crippen LogP contribution in [0.3, 0.4) is 0 Å². The number of benzene rings is 1. The molecule has 0 aliphatic heterocycles. The molecule has 0 spiro atoms. The molecule has 0 fully saturated rings. The molecule has 0 aliphatic carbocycles. The Balaban J connectivity index is 2.15. The summed E-state index contributed by atoms with van der Waals surface area (Å²) < 4.78 is 3.36. The maximum atomic E-state index is 9.27. The van der Waals surface area contributed by atoms with Crippen LogP contribution >= 0.6 is 34.2 Å². The van der Waals surface area contributed by atoms with Crippen molar-refractivity contribution < 1.29 is 0 Å². The molecule has 0 unspecified atom stereocenters. The summed E-state index contributed by atoms with van der Waals surface area (Å²) in [6, 6.07) is 6.31. The number of hydrogen-bond donors (Lipinski definition) is 1. The number of aromatic amines is 1. The third-order valence-electron chi connectivity index (χ3n) is 3.26. The van der Waals surface area contributed by atoms with E-state index in [0.717, 1.165) is 23.8 Å². The molecular formula is C15H9AsClIN3. The van der Waals surface area contributed by atoms with Crippen molar-refractivity contribution in [3.05, 3.63) is 50.4 Å². The van der Waals surface area contributed by atoms with Crippen LogP contribution in [0.15, 0.2) is 30.7 Å². The molecule has 0 amide bonds. The Morgan fingerprint density at radius 1 is 1.43 bits per heavy atom. The van der Waals surface area contributed by atoms with Crippen LogP contribution in [0.25, 0.3) is 10.9 Å². The van der Waals surface area contributed by atoms with Crippen molar-refractivity contribution in [1.82, 2.24) is 9.97 Å². The Morgan fingerprint density at radius 3 is 3.00 bits per heavy atom. The topological polar surface area (TPSA) is 52.5 Å². The van der Waals surface area contributed by atoms with Crippen LogP contribution in [0.1, 0.15) is 11.1 Å². The van der Waals surface area contributed by atoms with Crippen molar-refractivity contribution in [3.63, 3.8) is 0 Å². The second-order valence-corrected chi connectivity index (χ2v) is 8.50. The fraction of sp³-hybridized carbons (Fsp3) is 0.0667. The molecule has 0 bridgehead atoms. The number of nitrogens with zero attached hydrogens (tertiary/aromatic N) is 2. The summed E-state index contributed by atoms with van der Waals surface area (Å²) in [6.45, 7) is 2.11. The summed E-state index contributed by atoms with van der Waals surface area (Å²) in [4.78, 5) is 7.26. The number of hydrogen-bond acceptors (Lipinski definition) is 2. The Labute approximate surface area is 147 Å². The SMILES string of the molecule is Cc1c([As]c2c(I)cncc2C#N)cc(Cl)c2[nH]ccc12. The number of halogens is 2. The predicted octanol–water partition coefficient (Wildman–Crippen LogP) is 2.66. The molecule has 103 valence electrons. The monoisotopic (exact) mass is 468 g/mol. The van der Waals surface area contributed by atoms with E-state index in [2.05, 4.69) is 45.6 Å². The van der Waals surface area contributed by atoms with Crippen LogP contribution < -0.4 is 8.70 Å². The number of nitrogens with one attached hydrogen (secondary N) is 1. The van der Waals surface area contributed by atoms with Crippen LogP contribution in [0.5, 0.6) is 0 Å². The first-order valence-corrected chi connectivity index (χ1v) is 9.46. The maximum absolute atomic E-state index is 9.27. The molecule has 2 heterocycles. The van der Waals surface area contributed by atoms with Gasteiger partial charge >= 0.3 is 148 Å². The zero-order valence-electron chi connectivity index (χ0n) is 11.0. The normalized spacial score (nSPS) is 11.3. The number of aromatic nitrogens is 2. The van der Waals surface area contributed by atoms with Gasteiger partial charge in [-0.2, -0.15) is 0 Å². The molecule has 3 nitrogen and oxygen atoms in total. The number of pyridine rings is 1. The van der Waals surface area contributed by atoms with E-state index in [4.69, 9.17) is 11.6 Å². The number of H-pyrrole nitrogens is 1. The van der Waals surface area contributed by atoms with Gasteiger partial charge in [0.25, 0.3) is 0 Å². The number of fused-ring (bicyclic) bond motifs is 1. The molecule has 1 aromatic carbocycles. The van der Waals surface area contributed by atoms with E-state index in [9.17, 15) is 5.26 Å². The summed E-state index contributed by atoms with van der Waals surface area (Å²) in [5, 5.41) is 11.2. The minimum atomic E-state index is -0.312. The Morgan fingerprint density at radius 2 is 2.24 bits per heavy atom. The standard InChI is InChI=1S/C15H9AsClIN3/c1-8-10-2-3-21-15(10)12(17)4-11(8)16-14-9(5-19)6-20-7-13(14)18/h2-4,6-7,21H,1H3. The van der Waals surface area contributed by atoms with Gasteiger partial charge in [0.15, 0.2) is 0 Å². The molecular weight excluding hydrogens is 459 g/mol. The van der Waals surface area contributed by atoms with Gasteiger partial charge in [-0.15, -0.1) is 0 Å². The third kappa shape index (κ3) is 2.70. The van der Waals surface area contributed by atoms with Gasteiger partial charge in [0.2, 0.25) is 0 Å². The van der Waals surface area contributed by atoms with E-state index in [0.29, 0.717) is 5.56 Å². The molecule has 21 heavy (non-hydrogen) atoms. The van der Waals surface area contributed by atoms with E-state index < -0.39 is 0 Å². The van der Waals surface area contributed by atoms with E-state index in [1.165, 1.54) is 9.91 Å². The molecule has 2 aromatic heterocycles. The second kappa shape index (κ2) is 6.00.